The summed E-state index contributed by atoms with van der Waals surface area (Å²) in [5, 5.41) is 0. The highest BCUT2D eigenvalue weighted by Gasteiger charge is 2.26. The second kappa shape index (κ2) is 7.71. The van der Waals surface area contributed by atoms with Crippen LogP contribution >= 0.6 is 0 Å². The Labute approximate surface area is 144 Å². The minimum absolute atomic E-state index is 0. The molecule has 0 aromatic heterocycles. The Morgan fingerprint density at radius 1 is 1.13 bits per heavy atom. The van der Waals surface area contributed by atoms with Gasteiger partial charge in [0.15, 0.2) is 11.5 Å². The Balaban J connectivity index is 0.00000192. The van der Waals surface area contributed by atoms with E-state index in [1.165, 1.54) is 17.7 Å². The summed E-state index contributed by atoms with van der Waals surface area (Å²) >= 11 is 0. The van der Waals surface area contributed by atoms with Crippen LogP contribution < -0.4 is 26.8 Å². The molecule has 0 bridgehead atoms. The predicted molar refractivity (Wildman–Crippen MR) is 87.6 cm³/mol. The normalized spacial score (nSPS) is 19.4. The topological polar surface area (TPSA) is 22.9 Å². The van der Waals surface area contributed by atoms with E-state index >= 15 is 0 Å². The summed E-state index contributed by atoms with van der Waals surface area (Å²) in [6.45, 7) is 4.01. The molecule has 2 aromatic rings. The number of methoxy groups -OCH3 is 1. The average molecular weight is 334 g/mol. The van der Waals surface area contributed by atoms with E-state index in [1.807, 2.05) is 18.2 Å². The van der Waals surface area contributed by atoms with Crippen molar-refractivity contribution in [1.82, 2.24) is 0 Å². The predicted octanol–water partition coefficient (Wildman–Crippen LogP) is -0.590. The SMILES string of the molecule is COc1cc2c(cc1OCc1ccccc1)[C@@H](C)[NH+](C)CC2.[Cl-]. The molecule has 2 aromatic carbocycles. The molecule has 0 spiro atoms. The van der Waals surface area contributed by atoms with Crippen molar-refractivity contribution in [3.05, 3.63) is 59.2 Å². The van der Waals surface area contributed by atoms with Gasteiger partial charge in [-0.1, -0.05) is 30.3 Å². The molecular weight excluding hydrogens is 310 g/mol. The summed E-state index contributed by atoms with van der Waals surface area (Å²) in [6, 6.07) is 15.0. The maximum atomic E-state index is 6.03. The van der Waals surface area contributed by atoms with E-state index in [9.17, 15) is 0 Å². The number of fused-ring (bicyclic) bond motifs is 1. The Bertz CT molecular complexity index is 645. The Morgan fingerprint density at radius 2 is 1.87 bits per heavy atom. The summed E-state index contributed by atoms with van der Waals surface area (Å²) in [6.07, 6.45) is 1.10. The lowest BCUT2D eigenvalue weighted by atomic mass is 9.93. The zero-order chi connectivity index (χ0) is 15.5. The first-order valence-corrected chi connectivity index (χ1v) is 7.89. The van der Waals surface area contributed by atoms with Crippen molar-refractivity contribution in [1.29, 1.82) is 0 Å². The summed E-state index contributed by atoms with van der Waals surface area (Å²) in [4.78, 5) is 1.55. The number of hydrogen-bond donors (Lipinski definition) is 1. The fourth-order valence-electron chi connectivity index (χ4n) is 3.06. The quantitative estimate of drug-likeness (QED) is 0.808. The maximum Gasteiger partial charge on any atom is 0.162 e. The number of nitrogens with one attached hydrogen (secondary N) is 1. The largest absolute Gasteiger partial charge is 1.00 e. The summed E-state index contributed by atoms with van der Waals surface area (Å²) < 4.78 is 11.6. The van der Waals surface area contributed by atoms with E-state index in [2.05, 4.69) is 38.2 Å². The Kier molecular flexibility index (Phi) is 5.91. The number of halogens is 1. The molecule has 0 saturated carbocycles. The summed E-state index contributed by atoms with van der Waals surface area (Å²) in [7, 11) is 3.96. The molecule has 3 nitrogen and oxygen atoms in total. The molecule has 2 atom stereocenters. The van der Waals surface area contributed by atoms with E-state index in [4.69, 9.17) is 9.47 Å². The molecule has 3 rings (SSSR count). The lowest BCUT2D eigenvalue weighted by molar-refractivity contribution is -0.912. The third-order valence-corrected chi connectivity index (χ3v) is 4.66. The molecule has 1 aliphatic rings. The van der Waals surface area contributed by atoms with Gasteiger partial charge < -0.3 is 26.8 Å². The molecule has 0 fully saturated rings. The molecule has 0 aliphatic carbocycles. The Morgan fingerprint density at radius 3 is 2.57 bits per heavy atom. The number of ether oxygens (including phenoxy) is 2. The first-order valence-electron chi connectivity index (χ1n) is 7.89. The molecule has 1 unspecified atom stereocenters. The van der Waals surface area contributed by atoms with Crippen LogP contribution in [-0.4, -0.2) is 20.7 Å². The first kappa shape index (κ1) is 17.6. The van der Waals surface area contributed by atoms with Crippen molar-refractivity contribution in [3.63, 3.8) is 0 Å². The zero-order valence-corrected chi connectivity index (χ0v) is 14.7. The van der Waals surface area contributed by atoms with E-state index in [1.54, 1.807) is 12.0 Å². The van der Waals surface area contributed by atoms with Gasteiger partial charge in [-0.05, 0) is 30.2 Å². The molecule has 0 amide bonds. The minimum atomic E-state index is 0. The van der Waals surface area contributed by atoms with Crippen LogP contribution in [0.2, 0.25) is 0 Å². The van der Waals surface area contributed by atoms with Gasteiger partial charge in [0.05, 0.1) is 20.7 Å². The van der Waals surface area contributed by atoms with Crippen LogP contribution in [0.3, 0.4) is 0 Å². The van der Waals surface area contributed by atoms with Crippen molar-refractivity contribution >= 4 is 0 Å². The smallest absolute Gasteiger partial charge is 0.162 e. The lowest BCUT2D eigenvalue weighted by Crippen LogP contribution is -3.10. The van der Waals surface area contributed by atoms with Gasteiger partial charge in [-0.15, -0.1) is 0 Å². The van der Waals surface area contributed by atoms with Crippen LogP contribution in [0.15, 0.2) is 42.5 Å². The van der Waals surface area contributed by atoms with Gasteiger partial charge in [-0.2, -0.15) is 0 Å². The minimum Gasteiger partial charge on any atom is -1.00 e. The maximum absolute atomic E-state index is 6.03. The van der Waals surface area contributed by atoms with Crippen LogP contribution in [0.5, 0.6) is 11.5 Å². The van der Waals surface area contributed by atoms with E-state index in [-0.39, 0.29) is 12.4 Å². The molecule has 23 heavy (non-hydrogen) atoms. The van der Waals surface area contributed by atoms with Crippen LogP contribution in [0.25, 0.3) is 0 Å². The molecule has 124 valence electrons. The van der Waals surface area contributed by atoms with Crippen LogP contribution in [0, 0.1) is 0 Å². The molecule has 1 N–H and O–H groups in total. The van der Waals surface area contributed by atoms with Crippen molar-refractivity contribution in [2.75, 3.05) is 20.7 Å². The van der Waals surface area contributed by atoms with Crippen molar-refractivity contribution in [2.45, 2.75) is 26.0 Å². The highest BCUT2D eigenvalue weighted by molar-refractivity contribution is 5.48. The number of likely N-dealkylation sites (N-methyl/N-ethyl adjacent to an activating group) is 1. The van der Waals surface area contributed by atoms with Crippen molar-refractivity contribution < 1.29 is 26.8 Å². The average Bonchev–Trinajstić information content (AvgIpc) is 2.57. The standard InChI is InChI=1S/C19H23NO2.ClH/c1-14-17-12-19(22-13-15-7-5-4-6-8-15)18(21-3)11-16(17)9-10-20(14)2;/h4-8,11-12,14H,9-10,13H2,1-3H3;1H/t14-;/m1./s1. The van der Waals surface area contributed by atoms with Gasteiger partial charge in [0.1, 0.15) is 12.6 Å². The van der Waals surface area contributed by atoms with Crippen LogP contribution in [0.1, 0.15) is 29.7 Å². The fourth-order valence-corrected chi connectivity index (χ4v) is 3.06. The van der Waals surface area contributed by atoms with Gasteiger partial charge in [-0.3, -0.25) is 0 Å². The third kappa shape index (κ3) is 3.80. The van der Waals surface area contributed by atoms with E-state index < -0.39 is 0 Å². The van der Waals surface area contributed by atoms with E-state index in [0.29, 0.717) is 12.6 Å². The number of hydrogen-bond acceptors (Lipinski definition) is 2. The number of rotatable bonds is 4. The molecule has 4 heteroatoms. The molecular formula is C19H24ClNO2. The summed E-state index contributed by atoms with van der Waals surface area (Å²) in [5.74, 6) is 1.67. The second-order valence-electron chi connectivity index (χ2n) is 6.04. The number of quaternary nitrogens is 1. The van der Waals surface area contributed by atoms with Gasteiger partial charge in [-0.25, -0.2) is 0 Å². The van der Waals surface area contributed by atoms with Gasteiger partial charge in [0, 0.05) is 12.0 Å². The van der Waals surface area contributed by atoms with Gasteiger partial charge in [0.2, 0.25) is 0 Å². The van der Waals surface area contributed by atoms with E-state index in [0.717, 1.165) is 23.5 Å². The number of benzene rings is 2. The van der Waals surface area contributed by atoms with Crippen molar-refractivity contribution in [3.8, 4) is 11.5 Å². The van der Waals surface area contributed by atoms with Crippen LogP contribution in [-0.2, 0) is 13.0 Å². The molecule has 0 saturated heterocycles. The molecule has 1 aliphatic heterocycles. The monoisotopic (exact) mass is 333 g/mol. The van der Waals surface area contributed by atoms with Crippen molar-refractivity contribution in [2.24, 2.45) is 0 Å². The summed E-state index contributed by atoms with van der Waals surface area (Å²) in [5.41, 5.74) is 3.94. The molecule has 1 heterocycles. The second-order valence-corrected chi connectivity index (χ2v) is 6.04. The first-order chi connectivity index (χ1) is 10.7. The highest BCUT2D eigenvalue weighted by Crippen LogP contribution is 2.34. The van der Waals surface area contributed by atoms with Crippen LogP contribution in [0.4, 0.5) is 0 Å². The van der Waals surface area contributed by atoms with Gasteiger partial charge in [0.25, 0.3) is 0 Å². The zero-order valence-electron chi connectivity index (χ0n) is 13.9. The highest BCUT2D eigenvalue weighted by atomic mass is 35.5. The third-order valence-electron chi connectivity index (χ3n) is 4.66. The molecule has 0 radical (unpaired) electrons. The fraction of sp³-hybridized carbons (Fsp3) is 0.368. The lowest BCUT2D eigenvalue weighted by Gasteiger charge is -2.30. The van der Waals surface area contributed by atoms with Gasteiger partial charge >= 0.3 is 0 Å². The Hall–Kier alpha value is -1.71.